The third kappa shape index (κ3) is 4.01. The van der Waals surface area contributed by atoms with Gasteiger partial charge in [0.1, 0.15) is 0 Å². The third-order valence-corrected chi connectivity index (χ3v) is 4.97. The van der Waals surface area contributed by atoms with E-state index in [0.29, 0.717) is 6.04 Å². The largest absolute Gasteiger partial charge is 0.271 e. The fourth-order valence-corrected chi connectivity index (χ4v) is 3.90. The first-order valence-corrected chi connectivity index (χ1v) is 8.03. The number of benzene rings is 1. The molecule has 0 aliphatic carbocycles. The summed E-state index contributed by atoms with van der Waals surface area (Å²) in [6.07, 6.45) is 4.98. The number of rotatable bonds is 5. The normalized spacial score (nSPS) is 18.8. The summed E-state index contributed by atoms with van der Waals surface area (Å²) in [6.45, 7) is 2.18. The third-order valence-electron chi connectivity index (χ3n) is 3.92. The van der Waals surface area contributed by atoms with Gasteiger partial charge in [-0.15, -0.1) is 0 Å². The van der Waals surface area contributed by atoms with Crippen LogP contribution in [0, 0.1) is 12.8 Å². The molecule has 0 aromatic heterocycles. The Morgan fingerprint density at radius 3 is 2.72 bits per heavy atom. The van der Waals surface area contributed by atoms with Crippen molar-refractivity contribution in [2.24, 2.45) is 11.8 Å². The highest BCUT2D eigenvalue weighted by atomic mass is 32.2. The van der Waals surface area contributed by atoms with Crippen LogP contribution in [-0.4, -0.2) is 17.5 Å². The molecule has 0 spiro atoms. The lowest BCUT2D eigenvalue weighted by atomic mass is 9.90. The molecular formula is C15H24N2S. The van der Waals surface area contributed by atoms with E-state index in [9.17, 15) is 0 Å². The van der Waals surface area contributed by atoms with E-state index in [2.05, 4.69) is 48.4 Å². The van der Waals surface area contributed by atoms with Crippen LogP contribution >= 0.6 is 11.8 Å². The predicted molar refractivity (Wildman–Crippen MR) is 80.7 cm³/mol. The molecule has 0 radical (unpaired) electrons. The first-order valence-electron chi connectivity index (χ1n) is 6.88. The van der Waals surface area contributed by atoms with Crippen LogP contribution < -0.4 is 11.3 Å². The van der Waals surface area contributed by atoms with E-state index in [1.165, 1.54) is 41.9 Å². The van der Waals surface area contributed by atoms with Crippen molar-refractivity contribution >= 4 is 11.8 Å². The second kappa shape index (κ2) is 7.17. The van der Waals surface area contributed by atoms with Gasteiger partial charge in [0.05, 0.1) is 0 Å². The molecule has 0 bridgehead atoms. The van der Waals surface area contributed by atoms with E-state index in [1.807, 2.05) is 0 Å². The van der Waals surface area contributed by atoms with Gasteiger partial charge in [0, 0.05) is 6.04 Å². The molecule has 1 aromatic rings. The molecule has 18 heavy (non-hydrogen) atoms. The highest BCUT2D eigenvalue weighted by Crippen LogP contribution is 2.27. The number of nitrogens with one attached hydrogen (secondary N) is 1. The Kier molecular flexibility index (Phi) is 5.54. The molecule has 1 fully saturated rings. The van der Waals surface area contributed by atoms with Gasteiger partial charge in [0.25, 0.3) is 0 Å². The van der Waals surface area contributed by atoms with Gasteiger partial charge in [0.2, 0.25) is 0 Å². The summed E-state index contributed by atoms with van der Waals surface area (Å²) in [5.74, 6) is 9.24. The summed E-state index contributed by atoms with van der Waals surface area (Å²) in [7, 11) is 0. The lowest BCUT2D eigenvalue weighted by molar-refractivity contribution is 0.365. The molecule has 1 aromatic carbocycles. The molecule has 0 saturated carbocycles. The van der Waals surface area contributed by atoms with Crippen LogP contribution in [-0.2, 0) is 6.42 Å². The van der Waals surface area contributed by atoms with E-state index >= 15 is 0 Å². The second-order valence-electron chi connectivity index (χ2n) is 5.29. The van der Waals surface area contributed by atoms with Crippen molar-refractivity contribution in [3.63, 3.8) is 0 Å². The molecule has 1 saturated heterocycles. The number of thioether (sulfide) groups is 1. The van der Waals surface area contributed by atoms with E-state index in [4.69, 9.17) is 5.84 Å². The molecule has 1 aliphatic heterocycles. The SMILES string of the molecule is Cc1ccccc1CC(CC1CCSCC1)NN. The molecule has 1 heterocycles. The predicted octanol–water partition coefficient (Wildman–Crippen LogP) is 2.90. The van der Waals surface area contributed by atoms with Crippen molar-refractivity contribution in [3.8, 4) is 0 Å². The lowest BCUT2D eigenvalue weighted by Gasteiger charge is -2.26. The summed E-state index contributed by atoms with van der Waals surface area (Å²) in [6, 6.07) is 9.03. The number of hydrazine groups is 1. The lowest BCUT2D eigenvalue weighted by Crippen LogP contribution is -2.38. The molecule has 0 amide bonds. The van der Waals surface area contributed by atoms with Crippen LogP contribution in [0.1, 0.15) is 30.4 Å². The molecule has 2 nitrogen and oxygen atoms in total. The van der Waals surface area contributed by atoms with Crippen LogP contribution in [0.15, 0.2) is 24.3 Å². The fourth-order valence-electron chi connectivity index (χ4n) is 2.70. The van der Waals surface area contributed by atoms with Gasteiger partial charge >= 0.3 is 0 Å². The van der Waals surface area contributed by atoms with Gasteiger partial charge in [-0.25, -0.2) is 0 Å². The van der Waals surface area contributed by atoms with Crippen LogP contribution in [0.3, 0.4) is 0 Å². The van der Waals surface area contributed by atoms with Crippen molar-refractivity contribution in [1.29, 1.82) is 0 Å². The first-order chi connectivity index (χ1) is 8.79. The Morgan fingerprint density at radius 2 is 2.06 bits per heavy atom. The van der Waals surface area contributed by atoms with Gasteiger partial charge in [0.15, 0.2) is 0 Å². The Labute approximate surface area is 115 Å². The summed E-state index contributed by atoms with van der Waals surface area (Å²) in [5, 5.41) is 0. The Balaban J connectivity index is 1.90. The molecule has 1 unspecified atom stereocenters. The van der Waals surface area contributed by atoms with Gasteiger partial charge in [-0.2, -0.15) is 11.8 Å². The average Bonchev–Trinajstić information content (AvgIpc) is 2.41. The van der Waals surface area contributed by atoms with Crippen molar-refractivity contribution < 1.29 is 0 Å². The zero-order valence-corrected chi connectivity index (χ0v) is 12.0. The van der Waals surface area contributed by atoms with Crippen molar-refractivity contribution in [2.45, 2.75) is 38.6 Å². The van der Waals surface area contributed by atoms with Gasteiger partial charge in [-0.1, -0.05) is 24.3 Å². The zero-order chi connectivity index (χ0) is 12.8. The monoisotopic (exact) mass is 264 g/mol. The zero-order valence-electron chi connectivity index (χ0n) is 11.2. The average molecular weight is 264 g/mol. The van der Waals surface area contributed by atoms with Crippen molar-refractivity contribution in [2.75, 3.05) is 11.5 Å². The minimum atomic E-state index is 0.416. The minimum Gasteiger partial charge on any atom is -0.271 e. The van der Waals surface area contributed by atoms with Crippen LogP contribution in [0.5, 0.6) is 0 Å². The molecule has 2 rings (SSSR count). The number of nitrogens with two attached hydrogens (primary N) is 1. The van der Waals surface area contributed by atoms with Gasteiger partial charge < -0.3 is 0 Å². The molecule has 3 heteroatoms. The summed E-state index contributed by atoms with van der Waals surface area (Å²) in [4.78, 5) is 0. The standard InChI is InChI=1S/C15H24N2S/c1-12-4-2-3-5-14(12)11-15(17-16)10-13-6-8-18-9-7-13/h2-5,13,15,17H,6-11,16H2,1H3. The molecule has 1 atom stereocenters. The minimum absolute atomic E-state index is 0.416. The van der Waals surface area contributed by atoms with Crippen LogP contribution in [0.25, 0.3) is 0 Å². The first kappa shape index (κ1) is 13.9. The van der Waals surface area contributed by atoms with E-state index in [0.717, 1.165) is 12.3 Å². The van der Waals surface area contributed by atoms with E-state index in [1.54, 1.807) is 0 Å². The molecular weight excluding hydrogens is 240 g/mol. The topological polar surface area (TPSA) is 38.0 Å². The van der Waals surface area contributed by atoms with Crippen LogP contribution in [0.4, 0.5) is 0 Å². The summed E-state index contributed by atoms with van der Waals surface area (Å²) < 4.78 is 0. The van der Waals surface area contributed by atoms with E-state index in [-0.39, 0.29) is 0 Å². The summed E-state index contributed by atoms with van der Waals surface area (Å²) >= 11 is 2.09. The second-order valence-corrected chi connectivity index (χ2v) is 6.51. The Morgan fingerprint density at radius 1 is 1.33 bits per heavy atom. The molecule has 3 N–H and O–H groups in total. The summed E-state index contributed by atoms with van der Waals surface area (Å²) in [5.41, 5.74) is 5.81. The highest BCUT2D eigenvalue weighted by Gasteiger charge is 2.19. The van der Waals surface area contributed by atoms with Crippen molar-refractivity contribution in [1.82, 2.24) is 5.43 Å². The fraction of sp³-hybridized carbons (Fsp3) is 0.600. The molecule has 100 valence electrons. The Hall–Kier alpha value is -0.510. The quantitative estimate of drug-likeness (QED) is 0.634. The Bertz CT molecular complexity index is 361. The highest BCUT2D eigenvalue weighted by molar-refractivity contribution is 7.99. The maximum atomic E-state index is 5.73. The smallest absolute Gasteiger partial charge is 0.0253 e. The van der Waals surface area contributed by atoms with Crippen LogP contribution in [0.2, 0.25) is 0 Å². The maximum Gasteiger partial charge on any atom is 0.0253 e. The maximum absolute atomic E-state index is 5.73. The van der Waals surface area contributed by atoms with Gasteiger partial charge in [-0.05, 0) is 61.2 Å². The number of hydrogen-bond donors (Lipinski definition) is 2. The molecule has 1 aliphatic rings. The van der Waals surface area contributed by atoms with Gasteiger partial charge in [-0.3, -0.25) is 11.3 Å². The number of aryl methyl sites for hydroxylation is 1. The van der Waals surface area contributed by atoms with E-state index < -0.39 is 0 Å². The van der Waals surface area contributed by atoms with Crippen molar-refractivity contribution in [3.05, 3.63) is 35.4 Å². The number of hydrogen-bond acceptors (Lipinski definition) is 3.